The molecule has 3 aromatic rings. The van der Waals surface area contributed by atoms with E-state index in [1.807, 2.05) is 35.2 Å². The lowest BCUT2D eigenvalue weighted by Gasteiger charge is -2.32. The molecular weight excluding hydrogens is 458 g/mol. The zero-order valence-corrected chi connectivity index (χ0v) is 20.1. The quantitative estimate of drug-likeness (QED) is 0.505. The van der Waals surface area contributed by atoms with Gasteiger partial charge in [-0.15, -0.1) is 0 Å². The number of benzene rings is 2. The molecule has 0 spiro atoms. The Morgan fingerprint density at radius 2 is 1.64 bits per heavy atom. The molecule has 0 aliphatic carbocycles. The summed E-state index contributed by atoms with van der Waals surface area (Å²) in [4.78, 5) is 48.3. The minimum absolute atomic E-state index is 0.0423. The van der Waals surface area contributed by atoms with Gasteiger partial charge in [0.05, 0.1) is 7.11 Å². The Hall–Kier alpha value is -4.27. The van der Waals surface area contributed by atoms with Crippen LogP contribution < -0.4 is 15.4 Å². The van der Waals surface area contributed by atoms with Crippen molar-refractivity contribution in [1.82, 2.24) is 20.2 Å². The molecule has 2 heterocycles. The molecule has 0 saturated carbocycles. The highest BCUT2D eigenvalue weighted by atomic mass is 16.5. The Kier molecular flexibility index (Phi) is 8.23. The van der Waals surface area contributed by atoms with Crippen LogP contribution in [0, 0.1) is 0 Å². The number of ether oxygens (including phenoxy) is 1. The smallest absolute Gasteiger partial charge is 0.273 e. The highest BCUT2D eigenvalue weighted by molar-refractivity contribution is 6.07. The molecule has 1 fully saturated rings. The second-order valence-corrected chi connectivity index (χ2v) is 8.55. The van der Waals surface area contributed by atoms with Gasteiger partial charge in [-0.1, -0.05) is 30.3 Å². The number of nitrogens with zero attached hydrogens (tertiary/aromatic N) is 3. The molecule has 1 aromatic heterocycles. The van der Waals surface area contributed by atoms with Crippen LogP contribution in [0.5, 0.6) is 5.75 Å². The molecule has 0 unspecified atom stereocenters. The van der Waals surface area contributed by atoms with E-state index in [-0.39, 0.29) is 23.5 Å². The average molecular weight is 488 g/mol. The molecular formula is C27H29N5O4. The molecule has 0 bridgehead atoms. The lowest BCUT2D eigenvalue weighted by Crippen LogP contribution is -2.46. The third-order valence-electron chi connectivity index (χ3n) is 6.15. The van der Waals surface area contributed by atoms with Gasteiger partial charge in [-0.2, -0.15) is 0 Å². The molecule has 9 nitrogen and oxygen atoms in total. The molecule has 1 aliphatic rings. The fraction of sp³-hybridized carbons (Fsp3) is 0.296. The fourth-order valence-electron chi connectivity index (χ4n) is 4.10. The second-order valence-electron chi connectivity index (χ2n) is 8.55. The van der Waals surface area contributed by atoms with Crippen molar-refractivity contribution in [3.8, 4) is 5.75 Å². The maximum absolute atomic E-state index is 12.9. The minimum atomic E-state index is -0.415. The normalized spacial score (nSPS) is 13.6. The SMILES string of the molecule is COc1ccc(C(=O)Nc2nccnc2C(=O)NC2CCN(C(=O)CCc3ccccc3)CC2)cc1. The van der Waals surface area contributed by atoms with Crippen LogP contribution in [0.1, 0.15) is 45.7 Å². The zero-order chi connectivity index (χ0) is 25.3. The lowest BCUT2D eigenvalue weighted by molar-refractivity contribution is -0.132. The number of nitrogens with one attached hydrogen (secondary N) is 2. The van der Waals surface area contributed by atoms with Crippen molar-refractivity contribution in [3.63, 3.8) is 0 Å². The number of rotatable bonds is 8. The third-order valence-corrected chi connectivity index (χ3v) is 6.15. The van der Waals surface area contributed by atoms with E-state index in [2.05, 4.69) is 20.6 Å². The van der Waals surface area contributed by atoms with Crippen LogP contribution in [0.3, 0.4) is 0 Å². The van der Waals surface area contributed by atoms with Crippen molar-refractivity contribution < 1.29 is 19.1 Å². The Balaban J connectivity index is 1.29. The first kappa shape index (κ1) is 24.8. The number of carbonyl (C=O) groups excluding carboxylic acids is 3. The van der Waals surface area contributed by atoms with Gasteiger partial charge in [-0.05, 0) is 49.1 Å². The monoisotopic (exact) mass is 487 g/mol. The average Bonchev–Trinajstić information content (AvgIpc) is 2.93. The highest BCUT2D eigenvalue weighted by Gasteiger charge is 2.25. The number of aryl methyl sites for hydroxylation is 1. The largest absolute Gasteiger partial charge is 0.497 e. The Morgan fingerprint density at radius 1 is 0.944 bits per heavy atom. The molecule has 2 N–H and O–H groups in total. The zero-order valence-electron chi connectivity index (χ0n) is 20.1. The summed E-state index contributed by atoms with van der Waals surface area (Å²) in [5, 5.41) is 5.64. The van der Waals surface area contributed by atoms with Gasteiger partial charge >= 0.3 is 0 Å². The predicted molar refractivity (Wildman–Crippen MR) is 135 cm³/mol. The molecule has 3 amide bonds. The number of hydrogen-bond acceptors (Lipinski definition) is 6. The summed E-state index contributed by atoms with van der Waals surface area (Å²) in [5.74, 6) is 0.0250. The van der Waals surface area contributed by atoms with Gasteiger partial charge < -0.3 is 20.3 Å². The van der Waals surface area contributed by atoms with Crippen LogP contribution in [0.4, 0.5) is 5.82 Å². The van der Waals surface area contributed by atoms with E-state index in [1.54, 1.807) is 31.4 Å². The highest BCUT2D eigenvalue weighted by Crippen LogP contribution is 2.17. The number of likely N-dealkylation sites (tertiary alicyclic amines) is 1. The standard InChI is InChI=1S/C27H29N5O4/c1-36-22-10-8-20(9-11-22)26(34)31-25-24(28-15-16-29-25)27(35)30-21-13-17-32(18-14-21)23(33)12-7-19-5-3-2-4-6-19/h2-6,8-11,15-16,21H,7,12-14,17-18H2,1H3,(H,30,35)(H,29,31,34). The second kappa shape index (κ2) is 11.9. The molecule has 0 atom stereocenters. The van der Waals surface area contributed by atoms with Crippen LogP contribution in [-0.2, 0) is 11.2 Å². The van der Waals surface area contributed by atoms with Crippen molar-refractivity contribution in [2.24, 2.45) is 0 Å². The maximum Gasteiger partial charge on any atom is 0.273 e. The van der Waals surface area contributed by atoms with Gasteiger partial charge in [0, 0.05) is 43.5 Å². The van der Waals surface area contributed by atoms with Crippen LogP contribution in [0.15, 0.2) is 67.0 Å². The summed E-state index contributed by atoms with van der Waals surface area (Å²) in [6.07, 6.45) is 5.31. The molecule has 186 valence electrons. The first-order valence-electron chi connectivity index (χ1n) is 11.9. The topological polar surface area (TPSA) is 114 Å². The summed E-state index contributed by atoms with van der Waals surface area (Å²) in [6.45, 7) is 1.17. The molecule has 1 saturated heterocycles. The van der Waals surface area contributed by atoms with Crippen molar-refractivity contribution in [2.45, 2.75) is 31.7 Å². The molecule has 0 radical (unpaired) electrons. The summed E-state index contributed by atoms with van der Waals surface area (Å²) in [7, 11) is 1.55. The summed E-state index contributed by atoms with van der Waals surface area (Å²) in [6, 6.07) is 16.5. The summed E-state index contributed by atoms with van der Waals surface area (Å²) < 4.78 is 5.11. The molecule has 9 heteroatoms. The Bertz CT molecular complexity index is 1190. The van der Waals surface area contributed by atoms with Crippen molar-refractivity contribution >= 4 is 23.5 Å². The van der Waals surface area contributed by atoms with Gasteiger partial charge in [0.2, 0.25) is 5.91 Å². The number of anilines is 1. The number of carbonyl (C=O) groups is 3. The summed E-state index contributed by atoms with van der Waals surface area (Å²) in [5.41, 5.74) is 1.59. The van der Waals surface area contributed by atoms with E-state index >= 15 is 0 Å². The number of amides is 3. The minimum Gasteiger partial charge on any atom is -0.497 e. The van der Waals surface area contributed by atoms with E-state index in [0.29, 0.717) is 50.1 Å². The van der Waals surface area contributed by atoms with Crippen LogP contribution in [-0.4, -0.2) is 58.8 Å². The first-order chi connectivity index (χ1) is 17.5. The van der Waals surface area contributed by atoms with E-state index in [9.17, 15) is 14.4 Å². The third kappa shape index (κ3) is 6.44. The van der Waals surface area contributed by atoms with Gasteiger partial charge in [-0.3, -0.25) is 14.4 Å². The molecule has 36 heavy (non-hydrogen) atoms. The predicted octanol–water partition coefficient (Wildman–Crippen LogP) is 3.09. The lowest BCUT2D eigenvalue weighted by atomic mass is 10.0. The van der Waals surface area contributed by atoms with Gasteiger partial charge in [0.25, 0.3) is 11.8 Å². The Morgan fingerprint density at radius 3 is 2.33 bits per heavy atom. The summed E-state index contributed by atoms with van der Waals surface area (Å²) >= 11 is 0. The van der Waals surface area contributed by atoms with Gasteiger partial charge in [0.15, 0.2) is 11.5 Å². The fourth-order valence-corrected chi connectivity index (χ4v) is 4.10. The Labute approximate surface area is 209 Å². The van der Waals surface area contributed by atoms with Crippen molar-refractivity contribution in [1.29, 1.82) is 0 Å². The maximum atomic E-state index is 12.9. The first-order valence-corrected chi connectivity index (χ1v) is 11.9. The van der Waals surface area contributed by atoms with E-state index < -0.39 is 11.8 Å². The number of aromatic nitrogens is 2. The van der Waals surface area contributed by atoms with Crippen LogP contribution >= 0.6 is 0 Å². The van der Waals surface area contributed by atoms with Crippen LogP contribution in [0.2, 0.25) is 0 Å². The number of piperidine rings is 1. The van der Waals surface area contributed by atoms with E-state index in [1.165, 1.54) is 12.4 Å². The number of hydrogen-bond donors (Lipinski definition) is 2. The van der Waals surface area contributed by atoms with Gasteiger partial charge in [-0.25, -0.2) is 9.97 Å². The molecule has 2 aromatic carbocycles. The van der Waals surface area contributed by atoms with Crippen molar-refractivity contribution in [2.75, 3.05) is 25.5 Å². The molecule has 1 aliphatic heterocycles. The van der Waals surface area contributed by atoms with Crippen LogP contribution in [0.25, 0.3) is 0 Å². The van der Waals surface area contributed by atoms with E-state index in [4.69, 9.17) is 4.74 Å². The molecule has 4 rings (SSSR count). The van der Waals surface area contributed by atoms with Crippen molar-refractivity contribution in [3.05, 3.63) is 83.8 Å². The number of methoxy groups -OCH3 is 1. The van der Waals surface area contributed by atoms with Gasteiger partial charge in [0.1, 0.15) is 5.75 Å². The van der Waals surface area contributed by atoms with E-state index in [0.717, 1.165) is 5.56 Å².